The molecule has 2 aromatic rings. The number of hydrogen-bond acceptors (Lipinski definition) is 4. The Hall–Kier alpha value is -1.75. The number of aromatic nitrogens is 4. The maximum atomic E-state index is 4.77. The topological polar surface area (TPSA) is 55.6 Å². The van der Waals surface area contributed by atoms with Gasteiger partial charge < -0.3 is 5.32 Å². The van der Waals surface area contributed by atoms with Gasteiger partial charge in [0, 0.05) is 18.9 Å². The predicted octanol–water partition coefficient (Wildman–Crippen LogP) is 1.90. The Kier molecular flexibility index (Phi) is 4.06. The summed E-state index contributed by atoms with van der Waals surface area (Å²) in [5.74, 6) is 0.695. The molecular weight excluding hydrogens is 250 g/mol. The SMILES string of the molecule is CCCn1nccc1-c1cncc(CC2CCNC2)n1. The lowest BCUT2D eigenvalue weighted by Gasteiger charge is -2.09. The summed E-state index contributed by atoms with van der Waals surface area (Å²) in [6.07, 6.45) is 8.87. The van der Waals surface area contributed by atoms with E-state index in [2.05, 4.69) is 22.3 Å². The van der Waals surface area contributed by atoms with Gasteiger partial charge in [-0.3, -0.25) is 9.67 Å². The van der Waals surface area contributed by atoms with Crippen molar-refractivity contribution in [3.05, 3.63) is 30.4 Å². The number of hydrogen-bond donors (Lipinski definition) is 1. The molecule has 20 heavy (non-hydrogen) atoms. The van der Waals surface area contributed by atoms with Crippen LogP contribution in [0.15, 0.2) is 24.7 Å². The Morgan fingerprint density at radius 3 is 3.15 bits per heavy atom. The van der Waals surface area contributed by atoms with Gasteiger partial charge in [0.25, 0.3) is 0 Å². The molecule has 1 fully saturated rings. The van der Waals surface area contributed by atoms with Crippen molar-refractivity contribution in [2.45, 2.75) is 32.7 Å². The number of nitrogens with zero attached hydrogens (tertiary/aromatic N) is 4. The highest BCUT2D eigenvalue weighted by Crippen LogP contribution is 2.18. The maximum absolute atomic E-state index is 4.77. The van der Waals surface area contributed by atoms with E-state index in [4.69, 9.17) is 4.98 Å². The largest absolute Gasteiger partial charge is 0.316 e. The minimum Gasteiger partial charge on any atom is -0.316 e. The second kappa shape index (κ2) is 6.13. The van der Waals surface area contributed by atoms with Crippen LogP contribution < -0.4 is 5.32 Å². The summed E-state index contributed by atoms with van der Waals surface area (Å²) in [6, 6.07) is 2.01. The highest BCUT2D eigenvalue weighted by Gasteiger charge is 2.16. The summed E-state index contributed by atoms with van der Waals surface area (Å²) in [6.45, 7) is 5.29. The van der Waals surface area contributed by atoms with Crippen LogP contribution in [0.1, 0.15) is 25.5 Å². The van der Waals surface area contributed by atoms with Crippen molar-refractivity contribution in [3.8, 4) is 11.4 Å². The lowest BCUT2D eigenvalue weighted by atomic mass is 10.0. The van der Waals surface area contributed by atoms with E-state index in [1.165, 1.54) is 6.42 Å². The molecule has 5 nitrogen and oxygen atoms in total. The third kappa shape index (κ3) is 2.88. The molecule has 0 aliphatic carbocycles. The smallest absolute Gasteiger partial charge is 0.107 e. The van der Waals surface area contributed by atoms with E-state index >= 15 is 0 Å². The summed E-state index contributed by atoms with van der Waals surface area (Å²) < 4.78 is 2.00. The highest BCUT2D eigenvalue weighted by molar-refractivity contribution is 5.52. The molecule has 1 aliphatic rings. The summed E-state index contributed by atoms with van der Waals surface area (Å²) in [7, 11) is 0. The number of aryl methyl sites for hydroxylation is 1. The summed E-state index contributed by atoms with van der Waals surface area (Å²) in [5.41, 5.74) is 3.07. The first-order valence-corrected chi connectivity index (χ1v) is 7.40. The lowest BCUT2D eigenvalue weighted by Crippen LogP contribution is -2.12. The molecule has 2 aromatic heterocycles. The standard InChI is InChI=1S/C15H21N5/c1-2-7-20-15(4-6-18-20)14-11-17-10-13(19-14)8-12-3-5-16-9-12/h4,6,10-12,16H,2-3,5,7-9H2,1H3. The van der Waals surface area contributed by atoms with Gasteiger partial charge in [-0.2, -0.15) is 5.10 Å². The lowest BCUT2D eigenvalue weighted by molar-refractivity contribution is 0.569. The first-order valence-electron chi connectivity index (χ1n) is 7.40. The Bertz CT molecular complexity index is 557. The Morgan fingerprint density at radius 1 is 1.40 bits per heavy atom. The first kappa shape index (κ1) is 13.2. The molecule has 1 saturated heterocycles. The summed E-state index contributed by atoms with van der Waals surface area (Å²) in [5, 5.41) is 7.75. The zero-order valence-corrected chi connectivity index (χ0v) is 11.9. The molecule has 1 atom stereocenters. The second-order valence-electron chi connectivity index (χ2n) is 5.40. The Morgan fingerprint density at radius 2 is 2.35 bits per heavy atom. The minimum absolute atomic E-state index is 0.695. The third-order valence-corrected chi connectivity index (χ3v) is 3.76. The van der Waals surface area contributed by atoms with Gasteiger partial charge in [-0.15, -0.1) is 0 Å². The van der Waals surface area contributed by atoms with Crippen molar-refractivity contribution < 1.29 is 0 Å². The average molecular weight is 271 g/mol. The summed E-state index contributed by atoms with van der Waals surface area (Å²) >= 11 is 0. The molecule has 106 valence electrons. The van der Waals surface area contributed by atoms with Crippen molar-refractivity contribution in [1.82, 2.24) is 25.1 Å². The van der Waals surface area contributed by atoms with Crippen molar-refractivity contribution in [2.75, 3.05) is 13.1 Å². The van der Waals surface area contributed by atoms with Crippen molar-refractivity contribution >= 4 is 0 Å². The van der Waals surface area contributed by atoms with Crippen LogP contribution >= 0.6 is 0 Å². The molecule has 1 N–H and O–H groups in total. The molecule has 0 amide bonds. The molecular formula is C15H21N5. The average Bonchev–Trinajstić information content (AvgIpc) is 3.11. The van der Waals surface area contributed by atoms with Crippen LogP contribution in [0.25, 0.3) is 11.4 Å². The monoisotopic (exact) mass is 271 g/mol. The normalized spacial score (nSPS) is 18.6. The van der Waals surface area contributed by atoms with E-state index in [0.717, 1.165) is 49.6 Å². The van der Waals surface area contributed by atoms with Crippen LogP contribution in [0.5, 0.6) is 0 Å². The number of rotatable bonds is 5. The highest BCUT2D eigenvalue weighted by atomic mass is 15.3. The predicted molar refractivity (Wildman–Crippen MR) is 78.2 cm³/mol. The summed E-state index contributed by atoms with van der Waals surface area (Å²) in [4.78, 5) is 9.13. The van der Waals surface area contributed by atoms with Crippen LogP contribution in [0, 0.1) is 5.92 Å². The van der Waals surface area contributed by atoms with Crippen LogP contribution in [0.4, 0.5) is 0 Å². The molecule has 0 radical (unpaired) electrons. The fourth-order valence-corrected chi connectivity index (χ4v) is 2.75. The van der Waals surface area contributed by atoms with Gasteiger partial charge in [0.05, 0.1) is 17.6 Å². The van der Waals surface area contributed by atoms with Crippen LogP contribution in [-0.2, 0) is 13.0 Å². The van der Waals surface area contributed by atoms with Gasteiger partial charge in [0.15, 0.2) is 0 Å². The Balaban J connectivity index is 1.81. The van der Waals surface area contributed by atoms with Crippen LogP contribution in [0.3, 0.4) is 0 Å². The zero-order chi connectivity index (χ0) is 13.8. The van der Waals surface area contributed by atoms with Gasteiger partial charge in [-0.25, -0.2) is 4.98 Å². The van der Waals surface area contributed by atoms with Crippen LogP contribution in [0.2, 0.25) is 0 Å². The van der Waals surface area contributed by atoms with E-state index in [1.807, 2.05) is 29.3 Å². The van der Waals surface area contributed by atoms with Crippen LogP contribution in [-0.4, -0.2) is 32.8 Å². The minimum atomic E-state index is 0.695. The van der Waals surface area contributed by atoms with Gasteiger partial charge in [-0.1, -0.05) is 6.92 Å². The van der Waals surface area contributed by atoms with Gasteiger partial charge in [0.1, 0.15) is 5.69 Å². The van der Waals surface area contributed by atoms with E-state index < -0.39 is 0 Å². The molecule has 0 aromatic carbocycles. The van der Waals surface area contributed by atoms with E-state index in [1.54, 1.807) is 0 Å². The maximum Gasteiger partial charge on any atom is 0.107 e. The molecule has 3 heterocycles. The molecule has 1 unspecified atom stereocenters. The molecule has 1 aliphatic heterocycles. The Labute approximate surface area is 119 Å². The van der Waals surface area contributed by atoms with E-state index in [-0.39, 0.29) is 0 Å². The van der Waals surface area contributed by atoms with Gasteiger partial charge >= 0.3 is 0 Å². The first-order chi connectivity index (χ1) is 9.86. The second-order valence-corrected chi connectivity index (χ2v) is 5.40. The molecule has 0 spiro atoms. The van der Waals surface area contributed by atoms with Gasteiger partial charge in [0.2, 0.25) is 0 Å². The molecule has 0 bridgehead atoms. The van der Waals surface area contributed by atoms with Crippen molar-refractivity contribution in [1.29, 1.82) is 0 Å². The fourth-order valence-electron chi connectivity index (χ4n) is 2.75. The third-order valence-electron chi connectivity index (χ3n) is 3.76. The van der Waals surface area contributed by atoms with E-state index in [9.17, 15) is 0 Å². The van der Waals surface area contributed by atoms with Gasteiger partial charge in [-0.05, 0) is 44.3 Å². The van der Waals surface area contributed by atoms with E-state index in [0.29, 0.717) is 5.92 Å². The van der Waals surface area contributed by atoms with Crippen molar-refractivity contribution in [3.63, 3.8) is 0 Å². The molecule has 0 saturated carbocycles. The zero-order valence-electron chi connectivity index (χ0n) is 11.9. The molecule has 5 heteroatoms. The fraction of sp³-hybridized carbons (Fsp3) is 0.533. The number of nitrogens with one attached hydrogen (secondary N) is 1. The molecule has 3 rings (SSSR count). The van der Waals surface area contributed by atoms with Crippen molar-refractivity contribution in [2.24, 2.45) is 5.92 Å². The quantitative estimate of drug-likeness (QED) is 0.902.